The molecule has 0 unspecified atom stereocenters. The Bertz CT molecular complexity index is 1200. The summed E-state index contributed by atoms with van der Waals surface area (Å²) in [5, 5.41) is 0. The van der Waals surface area contributed by atoms with Crippen molar-refractivity contribution >= 4 is 77.8 Å². The molecule has 1 aliphatic rings. The van der Waals surface area contributed by atoms with Crippen LogP contribution in [0, 0.1) is 5.82 Å². The van der Waals surface area contributed by atoms with E-state index in [1.807, 2.05) is 48.5 Å². The van der Waals surface area contributed by atoms with Crippen LogP contribution >= 0.6 is 55.8 Å². The molecule has 0 aliphatic carbocycles. The van der Waals surface area contributed by atoms with E-state index in [4.69, 9.17) is 17.0 Å². The van der Waals surface area contributed by atoms with Crippen LogP contribution in [-0.2, 0) is 11.4 Å². The quantitative estimate of drug-likeness (QED) is 0.234. The maximum Gasteiger partial charge on any atom is 0.270 e. The van der Waals surface area contributed by atoms with Crippen LogP contribution in [0.4, 0.5) is 10.1 Å². The molecule has 0 atom stereocenters. The number of hydrogen-bond acceptors (Lipinski definition) is 4. The molecule has 0 spiro atoms. The number of carbonyl (C=O) groups is 1. The van der Waals surface area contributed by atoms with Crippen molar-refractivity contribution in [3.63, 3.8) is 0 Å². The zero-order valence-corrected chi connectivity index (χ0v) is 20.7. The predicted octanol–water partition coefficient (Wildman–Crippen LogP) is 7.34. The topological polar surface area (TPSA) is 29.5 Å². The summed E-state index contributed by atoms with van der Waals surface area (Å²) in [6.45, 7) is 0.323. The van der Waals surface area contributed by atoms with E-state index < -0.39 is 0 Å². The third-order valence-electron chi connectivity index (χ3n) is 4.42. The van der Waals surface area contributed by atoms with Gasteiger partial charge in [0.05, 0.1) is 15.1 Å². The lowest BCUT2D eigenvalue weighted by Gasteiger charge is -2.14. The standard InChI is InChI=1S/C23H14Br2FNO2S2/c24-16-2-1-3-18(12-16)27-22(28)21(31-23(27)30)11-15-6-9-20(19(25)10-15)29-13-14-4-7-17(26)8-5-14/h1-12H,13H2/b21-11-. The van der Waals surface area contributed by atoms with E-state index >= 15 is 0 Å². The number of nitrogens with zero attached hydrogens (tertiary/aromatic N) is 1. The molecule has 31 heavy (non-hydrogen) atoms. The molecular weight excluding hydrogens is 565 g/mol. The summed E-state index contributed by atoms with van der Waals surface area (Å²) >= 11 is 13.6. The molecule has 1 amide bonds. The molecule has 0 bridgehead atoms. The zero-order valence-electron chi connectivity index (χ0n) is 15.8. The summed E-state index contributed by atoms with van der Waals surface area (Å²) in [5.74, 6) is 0.226. The molecule has 4 rings (SSSR count). The Morgan fingerprint density at radius 1 is 1.06 bits per heavy atom. The van der Waals surface area contributed by atoms with Gasteiger partial charge in [0.15, 0.2) is 4.32 Å². The molecule has 0 saturated carbocycles. The average Bonchev–Trinajstić information content (AvgIpc) is 3.01. The van der Waals surface area contributed by atoms with E-state index in [1.54, 1.807) is 12.1 Å². The van der Waals surface area contributed by atoms with Crippen molar-refractivity contribution in [3.05, 3.63) is 97.5 Å². The molecule has 0 N–H and O–H groups in total. The monoisotopic (exact) mass is 577 g/mol. The van der Waals surface area contributed by atoms with E-state index in [2.05, 4.69) is 31.9 Å². The number of benzene rings is 3. The molecule has 0 radical (unpaired) electrons. The molecule has 3 aromatic rings. The lowest BCUT2D eigenvalue weighted by molar-refractivity contribution is -0.113. The predicted molar refractivity (Wildman–Crippen MR) is 135 cm³/mol. The zero-order chi connectivity index (χ0) is 22.0. The van der Waals surface area contributed by atoms with Gasteiger partial charge < -0.3 is 4.74 Å². The lowest BCUT2D eigenvalue weighted by atomic mass is 10.2. The fourth-order valence-corrected chi connectivity index (χ4v) is 5.12. The Hall–Kier alpha value is -2.00. The molecule has 3 nitrogen and oxygen atoms in total. The highest BCUT2D eigenvalue weighted by Crippen LogP contribution is 2.37. The molecule has 0 aromatic heterocycles. The van der Waals surface area contributed by atoms with Crippen LogP contribution in [-0.4, -0.2) is 10.2 Å². The third kappa shape index (κ3) is 5.26. The van der Waals surface area contributed by atoms with Gasteiger partial charge in [0.25, 0.3) is 5.91 Å². The van der Waals surface area contributed by atoms with E-state index in [-0.39, 0.29) is 11.7 Å². The van der Waals surface area contributed by atoms with Crippen molar-refractivity contribution in [1.82, 2.24) is 0 Å². The van der Waals surface area contributed by atoms with Crippen molar-refractivity contribution < 1.29 is 13.9 Å². The van der Waals surface area contributed by atoms with Gasteiger partial charge in [-0.15, -0.1) is 0 Å². The van der Waals surface area contributed by atoms with Crippen molar-refractivity contribution in [2.75, 3.05) is 4.90 Å². The minimum atomic E-state index is -0.278. The van der Waals surface area contributed by atoms with Gasteiger partial charge in [-0.1, -0.05) is 64.2 Å². The van der Waals surface area contributed by atoms with Crippen molar-refractivity contribution in [3.8, 4) is 5.75 Å². The summed E-state index contributed by atoms with van der Waals surface area (Å²) in [5.41, 5.74) is 2.44. The van der Waals surface area contributed by atoms with Gasteiger partial charge in [-0.05, 0) is 75.6 Å². The van der Waals surface area contributed by atoms with E-state index in [0.29, 0.717) is 21.6 Å². The second kappa shape index (κ2) is 9.65. The number of thiocarbonyl (C=S) groups is 1. The number of ether oxygens (including phenoxy) is 1. The average molecular weight is 579 g/mol. The highest BCUT2D eigenvalue weighted by molar-refractivity contribution is 9.10. The SMILES string of the molecule is O=C1/C(=C/c2ccc(OCc3ccc(F)cc3)c(Br)c2)SC(=S)N1c1cccc(Br)c1. The van der Waals surface area contributed by atoms with Crippen LogP contribution in [0.15, 0.2) is 80.6 Å². The van der Waals surface area contributed by atoms with Gasteiger partial charge >= 0.3 is 0 Å². The highest BCUT2D eigenvalue weighted by atomic mass is 79.9. The first kappa shape index (κ1) is 22.2. The number of rotatable bonds is 5. The molecule has 156 valence electrons. The van der Waals surface area contributed by atoms with Gasteiger partial charge in [-0.25, -0.2) is 4.39 Å². The molecule has 1 aliphatic heterocycles. The second-order valence-corrected chi connectivity index (χ2v) is 10.0. The minimum Gasteiger partial charge on any atom is -0.488 e. The number of carbonyl (C=O) groups excluding carboxylic acids is 1. The first-order valence-electron chi connectivity index (χ1n) is 9.11. The van der Waals surface area contributed by atoms with Crippen molar-refractivity contribution in [2.45, 2.75) is 6.61 Å². The van der Waals surface area contributed by atoms with E-state index in [1.165, 1.54) is 28.8 Å². The van der Waals surface area contributed by atoms with Crippen LogP contribution in [0.25, 0.3) is 6.08 Å². The first-order valence-corrected chi connectivity index (χ1v) is 11.9. The van der Waals surface area contributed by atoms with E-state index in [0.717, 1.165) is 25.8 Å². The number of amides is 1. The van der Waals surface area contributed by atoms with Gasteiger partial charge in [0.2, 0.25) is 0 Å². The van der Waals surface area contributed by atoms with E-state index in [9.17, 15) is 9.18 Å². The van der Waals surface area contributed by atoms with Gasteiger partial charge in [-0.2, -0.15) is 0 Å². The Morgan fingerprint density at radius 3 is 2.55 bits per heavy atom. The van der Waals surface area contributed by atoms with Crippen molar-refractivity contribution in [2.24, 2.45) is 0 Å². The largest absolute Gasteiger partial charge is 0.488 e. The number of halogens is 3. The molecule has 1 saturated heterocycles. The van der Waals surface area contributed by atoms with Gasteiger partial charge in [-0.3, -0.25) is 9.69 Å². The Morgan fingerprint density at radius 2 is 1.84 bits per heavy atom. The third-order valence-corrected chi connectivity index (χ3v) is 6.84. The molecule has 3 aromatic carbocycles. The summed E-state index contributed by atoms with van der Waals surface area (Å²) < 4.78 is 21.0. The summed E-state index contributed by atoms with van der Waals surface area (Å²) in [6.07, 6.45) is 1.81. The van der Waals surface area contributed by atoms with Crippen LogP contribution in [0.2, 0.25) is 0 Å². The second-order valence-electron chi connectivity index (χ2n) is 6.60. The van der Waals surface area contributed by atoms with Crippen LogP contribution in [0.3, 0.4) is 0 Å². The minimum absolute atomic E-state index is 0.152. The van der Waals surface area contributed by atoms with Gasteiger partial charge in [0.1, 0.15) is 18.2 Å². The fourth-order valence-electron chi connectivity index (χ4n) is 2.92. The number of thioether (sulfide) groups is 1. The van der Waals surface area contributed by atoms with Crippen LogP contribution < -0.4 is 9.64 Å². The maximum absolute atomic E-state index is 13.0. The maximum atomic E-state index is 13.0. The number of hydrogen-bond donors (Lipinski definition) is 0. The Balaban J connectivity index is 1.49. The Kier molecular flexibility index (Phi) is 6.91. The summed E-state index contributed by atoms with van der Waals surface area (Å²) in [6, 6.07) is 19.2. The van der Waals surface area contributed by atoms with Crippen LogP contribution in [0.5, 0.6) is 5.75 Å². The molecule has 1 fully saturated rings. The van der Waals surface area contributed by atoms with Gasteiger partial charge in [0, 0.05) is 4.47 Å². The molecular formula is C23H14Br2FNO2S2. The summed E-state index contributed by atoms with van der Waals surface area (Å²) in [4.78, 5) is 15.0. The number of anilines is 1. The molecule has 1 heterocycles. The van der Waals surface area contributed by atoms with Crippen molar-refractivity contribution in [1.29, 1.82) is 0 Å². The first-order chi connectivity index (χ1) is 14.9. The van der Waals surface area contributed by atoms with Crippen LogP contribution in [0.1, 0.15) is 11.1 Å². The highest BCUT2D eigenvalue weighted by Gasteiger charge is 2.33. The normalized spacial score (nSPS) is 15.1. The fraction of sp³-hybridized carbons (Fsp3) is 0.0435. The smallest absolute Gasteiger partial charge is 0.270 e. The molecule has 8 heteroatoms. The Labute approximate surface area is 205 Å². The lowest BCUT2D eigenvalue weighted by Crippen LogP contribution is -2.27. The summed E-state index contributed by atoms with van der Waals surface area (Å²) in [7, 11) is 0.